The molecule has 156 valence electrons. The van der Waals surface area contributed by atoms with Crippen LogP contribution < -0.4 is 5.32 Å². The number of benzene rings is 2. The van der Waals surface area contributed by atoms with Crippen molar-refractivity contribution in [2.24, 2.45) is 0 Å². The molecule has 0 saturated carbocycles. The minimum Gasteiger partial charge on any atom is -0.379 e. The molecule has 1 unspecified atom stereocenters. The first kappa shape index (κ1) is 21.0. The Hall–Kier alpha value is -2.22. The lowest BCUT2D eigenvalue weighted by Crippen LogP contribution is -2.22. The number of amides is 1. The predicted molar refractivity (Wildman–Crippen MR) is 123 cm³/mol. The number of ketones is 1. The maximum Gasteiger partial charge on any atom is 0.232 e. The van der Waals surface area contributed by atoms with E-state index in [0.717, 1.165) is 38.0 Å². The van der Waals surface area contributed by atoms with Gasteiger partial charge in [-0.3, -0.25) is 9.59 Å². The zero-order chi connectivity index (χ0) is 21.3. The SMILES string of the molecule is COC(C)(C)CCSc1nc2ccc(NC(=O)C3CC(=O)c4ccccc43)cc2s1. The van der Waals surface area contributed by atoms with Gasteiger partial charge in [-0.2, -0.15) is 0 Å². The molecule has 30 heavy (non-hydrogen) atoms. The van der Waals surface area contributed by atoms with Gasteiger partial charge in [0.25, 0.3) is 0 Å². The Bertz CT molecular complexity index is 1110. The predicted octanol–water partition coefficient (Wildman–Crippen LogP) is 5.51. The Morgan fingerprint density at radius 1 is 1.30 bits per heavy atom. The molecule has 0 aliphatic heterocycles. The van der Waals surface area contributed by atoms with E-state index >= 15 is 0 Å². The topological polar surface area (TPSA) is 68.3 Å². The van der Waals surface area contributed by atoms with Gasteiger partial charge in [0, 0.05) is 30.5 Å². The molecule has 0 spiro atoms. The number of hydrogen-bond donors (Lipinski definition) is 1. The van der Waals surface area contributed by atoms with Crippen LogP contribution in [0.1, 0.15) is 48.5 Å². The first-order chi connectivity index (χ1) is 14.4. The quantitative estimate of drug-likeness (QED) is 0.491. The van der Waals surface area contributed by atoms with Gasteiger partial charge in [-0.25, -0.2) is 4.98 Å². The van der Waals surface area contributed by atoms with Crippen LogP contribution in [-0.2, 0) is 9.53 Å². The van der Waals surface area contributed by atoms with Crippen molar-refractivity contribution in [3.05, 3.63) is 53.6 Å². The number of thiazole rings is 1. The molecule has 1 aliphatic rings. The van der Waals surface area contributed by atoms with Crippen molar-refractivity contribution in [3.63, 3.8) is 0 Å². The number of hydrogen-bond acceptors (Lipinski definition) is 6. The minimum atomic E-state index is -0.430. The summed E-state index contributed by atoms with van der Waals surface area (Å²) in [6.45, 7) is 4.16. The molecule has 1 atom stereocenters. The van der Waals surface area contributed by atoms with Crippen LogP contribution in [0.25, 0.3) is 10.2 Å². The van der Waals surface area contributed by atoms with Crippen molar-refractivity contribution in [1.82, 2.24) is 4.98 Å². The first-order valence-electron chi connectivity index (χ1n) is 9.88. The third-order valence-corrected chi connectivity index (χ3v) is 7.62. The third kappa shape index (κ3) is 4.43. The second-order valence-corrected chi connectivity index (χ2v) is 10.4. The van der Waals surface area contributed by atoms with Crippen molar-refractivity contribution in [2.45, 2.75) is 42.5 Å². The summed E-state index contributed by atoms with van der Waals surface area (Å²) in [4.78, 5) is 29.7. The molecule has 5 nitrogen and oxygen atoms in total. The summed E-state index contributed by atoms with van der Waals surface area (Å²) in [7, 11) is 1.73. The van der Waals surface area contributed by atoms with Gasteiger partial charge >= 0.3 is 0 Å². The van der Waals surface area contributed by atoms with E-state index in [4.69, 9.17) is 4.74 Å². The molecule has 4 rings (SSSR count). The van der Waals surface area contributed by atoms with Gasteiger partial charge in [-0.05, 0) is 44.0 Å². The lowest BCUT2D eigenvalue weighted by atomic mass is 10.0. The van der Waals surface area contributed by atoms with E-state index in [0.29, 0.717) is 5.56 Å². The Labute approximate surface area is 184 Å². The average Bonchev–Trinajstić information content (AvgIpc) is 3.28. The fourth-order valence-electron chi connectivity index (χ4n) is 3.45. The number of fused-ring (bicyclic) bond motifs is 2. The normalized spacial score (nSPS) is 16.1. The van der Waals surface area contributed by atoms with Crippen molar-refractivity contribution in [3.8, 4) is 0 Å². The number of methoxy groups -OCH3 is 1. The van der Waals surface area contributed by atoms with E-state index in [1.165, 1.54) is 0 Å². The molecular formula is C23H24N2O3S2. The number of nitrogens with zero attached hydrogens (tertiary/aromatic N) is 1. The summed E-state index contributed by atoms with van der Waals surface area (Å²) in [5.74, 6) is 0.385. The van der Waals surface area contributed by atoms with Gasteiger partial charge < -0.3 is 10.1 Å². The highest BCUT2D eigenvalue weighted by atomic mass is 32.2. The highest BCUT2D eigenvalue weighted by molar-refractivity contribution is 8.01. The lowest BCUT2D eigenvalue weighted by Gasteiger charge is -2.21. The summed E-state index contributed by atoms with van der Waals surface area (Å²) >= 11 is 3.35. The Morgan fingerprint density at radius 2 is 2.10 bits per heavy atom. The van der Waals surface area contributed by atoms with E-state index in [1.54, 1.807) is 36.3 Å². The summed E-state index contributed by atoms with van der Waals surface area (Å²) < 4.78 is 7.51. The van der Waals surface area contributed by atoms with Crippen LogP contribution in [0.2, 0.25) is 0 Å². The second-order valence-electron chi connectivity index (χ2n) is 7.98. The molecule has 2 aromatic carbocycles. The van der Waals surface area contributed by atoms with Crippen LogP contribution in [0, 0.1) is 0 Å². The largest absolute Gasteiger partial charge is 0.379 e. The number of carbonyl (C=O) groups excluding carboxylic acids is 2. The number of carbonyl (C=O) groups is 2. The van der Waals surface area contributed by atoms with Crippen molar-refractivity contribution < 1.29 is 14.3 Å². The standard InChI is InChI=1S/C23H24N2O3S2/c1-23(2,28-3)10-11-29-22-25-18-9-8-14(12-20(18)30-22)24-21(27)17-13-19(26)16-7-5-4-6-15(16)17/h4-9,12,17H,10-11,13H2,1-3H3,(H,24,27). The number of anilines is 1. The molecule has 1 amide bonds. The van der Waals surface area contributed by atoms with Gasteiger partial charge in [-0.15, -0.1) is 11.3 Å². The molecule has 1 heterocycles. The second kappa shape index (κ2) is 8.49. The number of ether oxygens (including phenoxy) is 1. The molecule has 1 aromatic heterocycles. The maximum absolute atomic E-state index is 12.8. The van der Waals surface area contributed by atoms with Crippen LogP contribution in [0.3, 0.4) is 0 Å². The fraction of sp³-hybridized carbons (Fsp3) is 0.348. The van der Waals surface area contributed by atoms with E-state index in [-0.39, 0.29) is 23.7 Å². The zero-order valence-corrected chi connectivity index (χ0v) is 18.9. The van der Waals surface area contributed by atoms with Crippen LogP contribution >= 0.6 is 23.1 Å². The Kier molecular flexibility index (Phi) is 5.95. The number of nitrogens with one attached hydrogen (secondary N) is 1. The number of aromatic nitrogens is 1. The number of Topliss-reactive ketones (excluding diaryl/α,β-unsaturated/α-hetero) is 1. The van der Waals surface area contributed by atoms with Gasteiger partial charge in [0.05, 0.1) is 21.7 Å². The molecular weight excluding hydrogens is 416 g/mol. The molecule has 0 fully saturated rings. The number of rotatable bonds is 7. The van der Waals surface area contributed by atoms with Gasteiger partial charge in [0.2, 0.25) is 5.91 Å². The van der Waals surface area contributed by atoms with Crippen LogP contribution in [0.15, 0.2) is 46.8 Å². The first-order valence-corrected chi connectivity index (χ1v) is 11.7. The van der Waals surface area contributed by atoms with Crippen LogP contribution in [0.4, 0.5) is 5.69 Å². The summed E-state index contributed by atoms with van der Waals surface area (Å²) in [5, 5.41) is 2.98. The van der Waals surface area contributed by atoms with Gasteiger partial charge in [0.15, 0.2) is 10.1 Å². The van der Waals surface area contributed by atoms with Crippen molar-refractivity contribution in [2.75, 3.05) is 18.2 Å². The van der Waals surface area contributed by atoms with Crippen LogP contribution in [-0.4, -0.2) is 35.1 Å². The smallest absolute Gasteiger partial charge is 0.232 e. The fourth-order valence-corrected chi connectivity index (χ4v) is 5.88. The summed E-state index contributed by atoms with van der Waals surface area (Å²) in [5.41, 5.74) is 2.99. The molecule has 0 bridgehead atoms. The average molecular weight is 441 g/mol. The molecule has 1 N–H and O–H groups in total. The van der Waals surface area contributed by atoms with E-state index in [1.807, 2.05) is 36.4 Å². The number of thioether (sulfide) groups is 1. The van der Waals surface area contributed by atoms with Gasteiger partial charge in [-0.1, -0.05) is 36.0 Å². The molecule has 1 aliphatic carbocycles. The summed E-state index contributed by atoms with van der Waals surface area (Å²) in [6, 6.07) is 13.1. The third-order valence-electron chi connectivity index (χ3n) is 5.46. The Balaban J connectivity index is 1.44. The molecule has 7 heteroatoms. The van der Waals surface area contributed by atoms with Gasteiger partial charge in [0.1, 0.15) is 0 Å². The molecule has 3 aromatic rings. The maximum atomic E-state index is 12.8. The lowest BCUT2D eigenvalue weighted by molar-refractivity contribution is -0.117. The Morgan fingerprint density at radius 3 is 2.90 bits per heavy atom. The highest BCUT2D eigenvalue weighted by Gasteiger charge is 2.33. The zero-order valence-electron chi connectivity index (χ0n) is 17.2. The van der Waals surface area contributed by atoms with Crippen molar-refractivity contribution >= 4 is 50.7 Å². The molecule has 0 radical (unpaired) electrons. The monoisotopic (exact) mass is 440 g/mol. The highest BCUT2D eigenvalue weighted by Crippen LogP contribution is 2.35. The molecule has 0 saturated heterocycles. The summed E-state index contributed by atoms with van der Waals surface area (Å²) in [6.07, 6.45) is 1.17. The van der Waals surface area contributed by atoms with E-state index in [2.05, 4.69) is 24.1 Å². The van der Waals surface area contributed by atoms with Crippen LogP contribution in [0.5, 0.6) is 0 Å². The minimum absolute atomic E-state index is 0.0296. The van der Waals surface area contributed by atoms with E-state index < -0.39 is 5.92 Å². The van der Waals surface area contributed by atoms with Crippen molar-refractivity contribution in [1.29, 1.82) is 0 Å². The van der Waals surface area contributed by atoms with E-state index in [9.17, 15) is 9.59 Å².